The van der Waals surface area contributed by atoms with Gasteiger partial charge in [-0.15, -0.1) is 0 Å². The molecule has 0 spiro atoms. The molecule has 2 nitrogen and oxygen atoms in total. The standard InChI is InChI=1S/C15H22N2S/c1-2-5-13(6-3-1)11-16-14-7-4-8-17-9-10-18-12-15(14)17/h1-3,5-6,14-16H,4,7-12H2. The Morgan fingerprint density at radius 1 is 1.22 bits per heavy atom. The summed E-state index contributed by atoms with van der Waals surface area (Å²) in [4.78, 5) is 2.70. The van der Waals surface area contributed by atoms with Crippen molar-refractivity contribution in [3.05, 3.63) is 35.9 Å². The van der Waals surface area contributed by atoms with Crippen molar-refractivity contribution < 1.29 is 0 Å². The van der Waals surface area contributed by atoms with Gasteiger partial charge in [-0.05, 0) is 24.9 Å². The van der Waals surface area contributed by atoms with Gasteiger partial charge >= 0.3 is 0 Å². The minimum absolute atomic E-state index is 0.687. The van der Waals surface area contributed by atoms with E-state index in [9.17, 15) is 0 Å². The van der Waals surface area contributed by atoms with Crippen LogP contribution in [0.2, 0.25) is 0 Å². The molecule has 2 heterocycles. The molecule has 2 fully saturated rings. The van der Waals surface area contributed by atoms with Gasteiger partial charge in [-0.3, -0.25) is 4.90 Å². The van der Waals surface area contributed by atoms with E-state index in [1.165, 1.54) is 43.0 Å². The minimum atomic E-state index is 0.687. The Hall–Kier alpha value is -0.510. The van der Waals surface area contributed by atoms with Crippen molar-refractivity contribution in [2.75, 3.05) is 24.6 Å². The van der Waals surface area contributed by atoms with E-state index in [1.54, 1.807) is 0 Å². The highest BCUT2D eigenvalue weighted by Gasteiger charge is 2.32. The summed E-state index contributed by atoms with van der Waals surface area (Å²) in [5, 5.41) is 3.78. The molecule has 3 heteroatoms. The van der Waals surface area contributed by atoms with E-state index in [-0.39, 0.29) is 0 Å². The summed E-state index contributed by atoms with van der Waals surface area (Å²) in [7, 11) is 0. The van der Waals surface area contributed by atoms with Gasteiger partial charge in [-0.1, -0.05) is 30.3 Å². The Morgan fingerprint density at radius 2 is 2.11 bits per heavy atom. The monoisotopic (exact) mass is 262 g/mol. The van der Waals surface area contributed by atoms with Crippen LogP contribution >= 0.6 is 11.8 Å². The fourth-order valence-corrected chi connectivity index (χ4v) is 4.31. The van der Waals surface area contributed by atoms with Crippen molar-refractivity contribution in [1.82, 2.24) is 10.2 Å². The van der Waals surface area contributed by atoms with Crippen LogP contribution in [0.5, 0.6) is 0 Å². The SMILES string of the molecule is c1ccc(CNC2CCCN3CCSCC23)cc1. The van der Waals surface area contributed by atoms with Gasteiger partial charge in [0.05, 0.1) is 0 Å². The van der Waals surface area contributed by atoms with Crippen LogP contribution in [0.15, 0.2) is 30.3 Å². The molecule has 0 bridgehead atoms. The van der Waals surface area contributed by atoms with Crippen LogP contribution in [0.4, 0.5) is 0 Å². The van der Waals surface area contributed by atoms with Crippen molar-refractivity contribution in [3.63, 3.8) is 0 Å². The predicted octanol–water partition coefficient (Wildman–Crippen LogP) is 2.36. The van der Waals surface area contributed by atoms with Crippen LogP contribution in [-0.2, 0) is 6.54 Å². The maximum Gasteiger partial charge on any atom is 0.0340 e. The molecule has 2 aliphatic heterocycles. The lowest BCUT2D eigenvalue weighted by molar-refractivity contribution is 0.129. The Labute approximate surface area is 114 Å². The highest BCUT2D eigenvalue weighted by molar-refractivity contribution is 7.99. The van der Waals surface area contributed by atoms with Gasteiger partial charge in [-0.25, -0.2) is 0 Å². The summed E-state index contributed by atoms with van der Waals surface area (Å²) >= 11 is 2.12. The molecule has 2 saturated heterocycles. The molecular formula is C15H22N2S. The molecule has 0 aliphatic carbocycles. The predicted molar refractivity (Wildman–Crippen MR) is 79.0 cm³/mol. The zero-order valence-electron chi connectivity index (χ0n) is 10.8. The first-order valence-corrected chi connectivity index (χ1v) is 8.18. The number of hydrogen-bond donors (Lipinski definition) is 1. The highest BCUT2D eigenvalue weighted by atomic mass is 32.2. The van der Waals surface area contributed by atoms with Gasteiger partial charge in [0.1, 0.15) is 0 Å². The smallest absolute Gasteiger partial charge is 0.0340 e. The molecule has 1 N–H and O–H groups in total. The lowest BCUT2D eigenvalue weighted by Crippen LogP contribution is -2.57. The minimum Gasteiger partial charge on any atom is -0.308 e. The number of thioether (sulfide) groups is 1. The third kappa shape index (κ3) is 2.90. The third-order valence-corrected chi connectivity index (χ3v) is 5.17. The second-order valence-corrected chi connectivity index (χ2v) is 6.44. The number of hydrogen-bond acceptors (Lipinski definition) is 3. The lowest BCUT2D eigenvalue weighted by Gasteiger charge is -2.44. The average molecular weight is 262 g/mol. The van der Waals surface area contributed by atoms with Gasteiger partial charge in [0, 0.05) is 36.7 Å². The number of nitrogens with zero attached hydrogens (tertiary/aromatic N) is 1. The molecular weight excluding hydrogens is 240 g/mol. The van der Waals surface area contributed by atoms with E-state index in [2.05, 4.69) is 52.3 Å². The normalized spacial score (nSPS) is 28.9. The summed E-state index contributed by atoms with van der Waals surface area (Å²) in [5.41, 5.74) is 1.40. The molecule has 1 aromatic rings. The number of fused-ring (bicyclic) bond motifs is 1. The summed E-state index contributed by atoms with van der Waals surface area (Å²) < 4.78 is 0. The zero-order valence-corrected chi connectivity index (χ0v) is 11.7. The molecule has 3 rings (SSSR count). The fourth-order valence-electron chi connectivity index (χ4n) is 3.09. The Morgan fingerprint density at radius 3 is 3.00 bits per heavy atom. The topological polar surface area (TPSA) is 15.3 Å². The van der Waals surface area contributed by atoms with E-state index < -0.39 is 0 Å². The Bertz CT molecular complexity index is 366. The number of piperidine rings is 1. The molecule has 0 radical (unpaired) electrons. The fraction of sp³-hybridized carbons (Fsp3) is 0.600. The summed E-state index contributed by atoms with van der Waals surface area (Å²) in [6.07, 6.45) is 2.70. The zero-order chi connectivity index (χ0) is 12.2. The van der Waals surface area contributed by atoms with Gasteiger partial charge in [0.15, 0.2) is 0 Å². The van der Waals surface area contributed by atoms with E-state index in [0.717, 1.165) is 12.6 Å². The van der Waals surface area contributed by atoms with Crippen molar-refractivity contribution in [2.45, 2.75) is 31.5 Å². The third-order valence-electron chi connectivity index (χ3n) is 4.12. The Kier molecular flexibility index (Phi) is 4.24. The maximum atomic E-state index is 3.78. The van der Waals surface area contributed by atoms with Crippen LogP contribution in [0.1, 0.15) is 18.4 Å². The van der Waals surface area contributed by atoms with Crippen LogP contribution in [0.3, 0.4) is 0 Å². The molecule has 1 aromatic carbocycles. The van der Waals surface area contributed by atoms with Gasteiger partial charge in [-0.2, -0.15) is 11.8 Å². The molecule has 98 valence electrons. The maximum absolute atomic E-state index is 3.78. The summed E-state index contributed by atoms with van der Waals surface area (Å²) in [6, 6.07) is 12.2. The molecule has 2 atom stereocenters. The molecule has 2 aliphatic rings. The molecule has 0 aromatic heterocycles. The largest absolute Gasteiger partial charge is 0.308 e. The van der Waals surface area contributed by atoms with Gasteiger partial charge in [0.25, 0.3) is 0 Å². The van der Waals surface area contributed by atoms with Crippen molar-refractivity contribution in [3.8, 4) is 0 Å². The second kappa shape index (κ2) is 6.09. The van der Waals surface area contributed by atoms with Gasteiger partial charge < -0.3 is 5.32 Å². The number of benzene rings is 1. The van der Waals surface area contributed by atoms with E-state index >= 15 is 0 Å². The quantitative estimate of drug-likeness (QED) is 0.900. The van der Waals surface area contributed by atoms with E-state index in [0.29, 0.717) is 6.04 Å². The first-order valence-electron chi connectivity index (χ1n) is 7.02. The number of rotatable bonds is 3. The van der Waals surface area contributed by atoms with Crippen LogP contribution < -0.4 is 5.32 Å². The first-order chi connectivity index (χ1) is 8.93. The first kappa shape index (κ1) is 12.5. The van der Waals surface area contributed by atoms with Crippen LogP contribution in [0.25, 0.3) is 0 Å². The Balaban J connectivity index is 1.58. The number of nitrogens with one attached hydrogen (secondary N) is 1. The van der Waals surface area contributed by atoms with Gasteiger partial charge in [0.2, 0.25) is 0 Å². The van der Waals surface area contributed by atoms with E-state index in [1.807, 2.05) is 0 Å². The molecule has 0 amide bonds. The second-order valence-electron chi connectivity index (χ2n) is 5.29. The van der Waals surface area contributed by atoms with Crippen LogP contribution in [-0.4, -0.2) is 41.6 Å². The lowest BCUT2D eigenvalue weighted by atomic mass is 9.97. The van der Waals surface area contributed by atoms with Crippen LogP contribution in [0, 0.1) is 0 Å². The van der Waals surface area contributed by atoms with Crippen molar-refractivity contribution >= 4 is 11.8 Å². The average Bonchev–Trinajstić information content (AvgIpc) is 2.46. The van der Waals surface area contributed by atoms with E-state index in [4.69, 9.17) is 0 Å². The summed E-state index contributed by atoms with van der Waals surface area (Å²) in [6.45, 7) is 3.62. The summed E-state index contributed by atoms with van der Waals surface area (Å²) in [5.74, 6) is 2.63. The van der Waals surface area contributed by atoms with Crippen molar-refractivity contribution in [1.29, 1.82) is 0 Å². The molecule has 0 saturated carbocycles. The molecule has 18 heavy (non-hydrogen) atoms. The molecule has 2 unspecified atom stereocenters. The highest BCUT2D eigenvalue weighted by Crippen LogP contribution is 2.25. The van der Waals surface area contributed by atoms with Crippen molar-refractivity contribution in [2.24, 2.45) is 0 Å².